The van der Waals surface area contributed by atoms with Gasteiger partial charge in [-0.25, -0.2) is 5.43 Å². The highest BCUT2D eigenvalue weighted by Crippen LogP contribution is 2.12. The van der Waals surface area contributed by atoms with Crippen LogP contribution in [0.5, 0.6) is 0 Å². The second-order valence-corrected chi connectivity index (χ2v) is 4.44. The zero-order chi connectivity index (χ0) is 16.1. The van der Waals surface area contributed by atoms with Gasteiger partial charge < -0.3 is 4.98 Å². The van der Waals surface area contributed by atoms with Crippen LogP contribution in [-0.4, -0.2) is 27.0 Å². The molecule has 112 valence electrons. The molecule has 1 aromatic carbocycles. The number of hydrazone groups is 1. The van der Waals surface area contributed by atoms with Crippen molar-refractivity contribution in [3.05, 3.63) is 66.8 Å². The molecule has 0 aliphatic carbocycles. The molecular weight excluding hydrogens is 310 g/mol. The fraction of sp³-hybridized carbons (Fsp3) is 0. The normalized spacial score (nSPS) is 10.5. The summed E-state index contributed by atoms with van der Waals surface area (Å²) in [6, 6.07) is 5.19. The minimum Gasteiger partial charge on any atom is -0.338 e. The van der Waals surface area contributed by atoms with E-state index in [1.165, 1.54) is 24.4 Å². The zero-order valence-corrected chi connectivity index (χ0v) is 11.7. The van der Waals surface area contributed by atoms with Gasteiger partial charge >= 0.3 is 0 Å². The summed E-state index contributed by atoms with van der Waals surface area (Å²) in [4.78, 5) is 38.3. The average molecular weight is 319 g/mol. The van der Waals surface area contributed by atoms with E-state index >= 15 is 0 Å². The van der Waals surface area contributed by atoms with Crippen LogP contribution in [0.25, 0.3) is 0 Å². The lowest BCUT2D eigenvalue weighted by molar-refractivity contribution is -0.384. The van der Waals surface area contributed by atoms with E-state index < -0.39 is 16.4 Å². The Labute approximate surface area is 127 Å². The highest BCUT2D eigenvalue weighted by atomic mass is 32.1. The van der Waals surface area contributed by atoms with E-state index in [2.05, 4.69) is 20.5 Å². The number of aromatic nitrogens is 2. The SMILES string of the molecule is O=C(N/N=C\c1c[nH]c(=S)[nH]c1=O)c1cccc([N+](=O)[O-])c1. The van der Waals surface area contributed by atoms with Crippen molar-refractivity contribution in [2.75, 3.05) is 0 Å². The molecule has 0 saturated heterocycles. The number of hydrogen-bond acceptors (Lipinski definition) is 6. The van der Waals surface area contributed by atoms with E-state index in [4.69, 9.17) is 12.2 Å². The first kappa shape index (κ1) is 15.3. The van der Waals surface area contributed by atoms with Crippen LogP contribution in [0.15, 0.2) is 40.4 Å². The highest BCUT2D eigenvalue weighted by Gasteiger charge is 2.10. The van der Waals surface area contributed by atoms with Gasteiger partial charge in [-0.15, -0.1) is 0 Å². The average Bonchev–Trinajstić information content (AvgIpc) is 2.49. The van der Waals surface area contributed by atoms with Crippen LogP contribution in [-0.2, 0) is 0 Å². The Kier molecular flexibility index (Phi) is 4.53. The van der Waals surface area contributed by atoms with Gasteiger partial charge in [0.05, 0.1) is 16.7 Å². The summed E-state index contributed by atoms with van der Waals surface area (Å²) in [7, 11) is 0. The third-order valence-corrected chi connectivity index (χ3v) is 2.76. The Morgan fingerprint density at radius 3 is 2.91 bits per heavy atom. The monoisotopic (exact) mass is 319 g/mol. The summed E-state index contributed by atoms with van der Waals surface area (Å²) in [5.74, 6) is -0.639. The minimum atomic E-state index is -0.639. The van der Waals surface area contributed by atoms with E-state index in [-0.39, 0.29) is 21.6 Å². The second-order valence-electron chi connectivity index (χ2n) is 4.03. The zero-order valence-electron chi connectivity index (χ0n) is 10.9. The van der Waals surface area contributed by atoms with Gasteiger partial charge in [-0.1, -0.05) is 6.07 Å². The third-order valence-electron chi connectivity index (χ3n) is 2.54. The Hall–Kier alpha value is -3.14. The Bertz CT molecular complexity index is 870. The molecule has 9 nitrogen and oxygen atoms in total. The lowest BCUT2D eigenvalue weighted by Gasteiger charge is -1.99. The number of rotatable bonds is 4. The molecule has 1 aromatic heterocycles. The van der Waals surface area contributed by atoms with Crippen LogP contribution in [0.2, 0.25) is 0 Å². The maximum atomic E-state index is 11.8. The molecule has 0 atom stereocenters. The Morgan fingerprint density at radius 1 is 1.45 bits per heavy atom. The van der Waals surface area contributed by atoms with Crippen molar-refractivity contribution >= 4 is 30.0 Å². The van der Waals surface area contributed by atoms with Crippen LogP contribution in [0.4, 0.5) is 5.69 Å². The maximum Gasteiger partial charge on any atom is 0.271 e. The number of carbonyl (C=O) groups is 1. The molecule has 0 aliphatic rings. The van der Waals surface area contributed by atoms with E-state index in [1.54, 1.807) is 0 Å². The summed E-state index contributed by atoms with van der Waals surface area (Å²) in [5, 5.41) is 14.2. The Balaban J connectivity index is 2.11. The minimum absolute atomic E-state index is 0.0766. The third kappa shape index (κ3) is 3.70. The second kappa shape index (κ2) is 6.54. The van der Waals surface area contributed by atoms with Gasteiger partial charge in [-0.05, 0) is 18.3 Å². The quantitative estimate of drug-likeness (QED) is 0.336. The van der Waals surface area contributed by atoms with Crippen molar-refractivity contribution in [1.82, 2.24) is 15.4 Å². The van der Waals surface area contributed by atoms with Crippen LogP contribution >= 0.6 is 12.2 Å². The number of H-pyrrole nitrogens is 2. The molecule has 3 N–H and O–H groups in total. The number of nitro benzene ring substituents is 1. The van der Waals surface area contributed by atoms with Crippen molar-refractivity contribution in [3.8, 4) is 0 Å². The van der Waals surface area contributed by atoms with Crippen molar-refractivity contribution < 1.29 is 9.72 Å². The Morgan fingerprint density at radius 2 is 2.23 bits per heavy atom. The molecule has 0 aliphatic heterocycles. The molecule has 1 heterocycles. The topological polar surface area (TPSA) is 133 Å². The molecule has 0 saturated carbocycles. The number of aromatic amines is 2. The number of nitro groups is 1. The number of hydrogen-bond donors (Lipinski definition) is 3. The molecule has 22 heavy (non-hydrogen) atoms. The number of nitrogens with zero attached hydrogens (tertiary/aromatic N) is 2. The number of nitrogens with one attached hydrogen (secondary N) is 3. The summed E-state index contributed by atoms with van der Waals surface area (Å²) in [6.07, 6.45) is 2.46. The van der Waals surface area contributed by atoms with Gasteiger partial charge in [0.2, 0.25) is 0 Å². The maximum absolute atomic E-state index is 11.8. The molecule has 0 fully saturated rings. The lowest BCUT2D eigenvalue weighted by Crippen LogP contribution is -2.19. The van der Waals surface area contributed by atoms with Crippen molar-refractivity contribution in [3.63, 3.8) is 0 Å². The van der Waals surface area contributed by atoms with Gasteiger partial charge in [-0.3, -0.25) is 24.7 Å². The predicted octanol–water partition coefficient (Wildman–Crippen LogP) is 1.10. The van der Waals surface area contributed by atoms with Gasteiger partial charge in [0.25, 0.3) is 17.2 Å². The lowest BCUT2D eigenvalue weighted by atomic mass is 10.2. The molecular formula is C12H9N5O4S. The van der Waals surface area contributed by atoms with Crippen molar-refractivity contribution in [2.24, 2.45) is 5.10 Å². The number of benzene rings is 1. The summed E-state index contributed by atoms with van der Waals surface area (Å²) in [5.41, 5.74) is 1.74. The summed E-state index contributed by atoms with van der Waals surface area (Å²) in [6.45, 7) is 0. The molecule has 1 amide bonds. The van der Waals surface area contributed by atoms with Crippen LogP contribution < -0.4 is 11.0 Å². The fourth-order valence-electron chi connectivity index (χ4n) is 1.50. The fourth-order valence-corrected chi connectivity index (χ4v) is 1.65. The van der Waals surface area contributed by atoms with Crippen molar-refractivity contribution in [2.45, 2.75) is 0 Å². The molecule has 0 radical (unpaired) electrons. The molecule has 0 unspecified atom stereocenters. The molecule has 2 aromatic rings. The largest absolute Gasteiger partial charge is 0.338 e. The van der Waals surface area contributed by atoms with E-state index in [0.717, 1.165) is 12.3 Å². The first-order chi connectivity index (χ1) is 10.5. The van der Waals surface area contributed by atoms with E-state index in [1.807, 2.05) is 0 Å². The standard InChI is InChI=1S/C12H9N5O4S/c18-10-8(5-13-12(22)15-10)6-14-16-11(19)7-2-1-3-9(4-7)17(20)21/h1-6H,(H,16,19)(H2,13,15,18,22)/b14-6-. The first-order valence-corrected chi connectivity index (χ1v) is 6.28. The molecule has 2 rings (SSSR count). The van der Waals surface area contributed by atoms with Gasteiger partial charge in [-0.2, -0.15) is 5.10 Å². The summed E-state index contributed by atoms with van der Waals surface area (Å²) < 4.78 is 0.169. The first-order valence-electron chi connectivity index (χ1n) is 5.87. The number of amides is 1. The van der Waals surface area contributed by atoms with Gasteiger partial charge in [0, 0.05) is 23.9 Å². The van der Waals surface area contributed by atoms with Gasteiger partial charge in [0.15, 0.2) is 4.77 Å². The van der Waals surface area contributed by atoms with E-state index in [9.17, 15) is 19.7 Å². The highest BCUT2D eigenvalue weighted by molar-refractivity contribution is 7.71. The molecule has 0 bridgehead atoms. The summed E-state index contributed by atoms with van der Waals surface area (Å²) >= 11 is 4.73. The van der Waals surface area contributed by atoms with Gasteiger partial charge in [0.1, 0.15) is 0 Å². The molecule has 0 spiro atoms. The van der Waals surface area contributed by atoms with Crippen LogP contribution in [0.3, 0.4) is 0 Å². The number of carbonyl (C=O) groups excluding carboxylic acids is 1. The number of non-ortho nitro benzene ring substituents is 1. The van der Waals surface area contributed by atoms with Crippen LogP contribution in [0, 0.1) is 14.9 Å². The predicted molar refractivity (Wildman–Crippen MR) is 80.4 cm³/mol. The molecule has 10 heteroatoms. The smallest absolute Gasteiger partial charge is 0.271 e. The van der Waals surface area contributed by atoms with Crippen molar-refractivity contribution in [1.29, 1.82) is 0 Å². The van der Waals surface area contributed by atoms with E-state index in [0.29, 0.717) is 0 Å². The van der Waals surface area contributed by atoms with Crippen LogP contribution in [0.1, 0.15) is 15.9 Å².